The van der Waals surface area contributed by atoms with Crippen molar-refractivity contribution in [3.05, 3.63) is 58.6 Å². The molecule has 0 radical (unpaired) electrons. The quantitative estimate of drug-likeness (QED) is 0.918. The van der Waals surface area contributed by atoms with Crippen LogP contribution in [-0.2, 0) is 6.61 Å². The van der Waals surface area contributed by atoms with Gasteiger partial charge in [0, 0.05) is 10.6 Å². The van der Waals surface area contributed by atoms with E-state index >= 15 is 0 Å². The van der Waals surface area contributed by atoms with Gasteiger partial charge in [0.25, 0.3) is 0 Å². The molecule has 2 rings (SSSR count). The maximum Gasteiger partial charge on any atom is 0.134 e. The first kappa shape index (κ1) is 12.4. The van der Waals surface area contributed by atoms with Gasteiger partial charge in [-0.1, -0.05) is 17.7 Å². The number of aliphatic hydroxyl groups excluding tert-OH is 1. The lowest BCUT2D eigenvalue weighted by atomic mass is 10.2. The fourth-order valence-electron chi connectivity index (χ4n) is 1.48. The molecule has 0 aliphatic carbocycles. The fraction of sp³-hybridized carbons (Fsp3) is 0.0714. The molecule has 0 unspecified atom stereocenters. The third-order valence-corrected chi connectivity index (χ3v) is 2.65. The molecule has 0 aromatic heterocycles. The Hall–Kier alpha value is -2.02. The van der Waals surface area contributed by atoms with Gasteiger partial charge in [0.2, 0.25) is 0 Å². The summed E-state index contributed by atoms with van der Waals surface area (Å²) in [5.74, 6) is 1.10. The summed E-state index contributed by atoms with van der Waals surface area (Å²) in [5.41, 5.74) is 1.22. The van der Waals surface area contributed by atoms with Crippen LogP contribution in [0.3, 0.4) is 0 Å². The van der Waals surface area contributed by atoms with Gasteiger partial charge in [-0.25, -0.2) is 0 Å². The number of hydrogen-bond donors (Lipinski definition) is 1. The first-order chi connectivity index (χ1) is 8.72. The predicted octanol–water partition coefficient (Wildman–Crippen LogP) is 3.50. The van der Waals surface area contributed by atoms with Crippen molar-refractivity contribution in [3.8, 4) is 17.6 Å². The minimum Gasteiger partial charge on any atom is -0.457 e. The number of halogens is 1. The second kappa shape index (κ2) is 5.54. The lowest BCUT2D eigenvalue weighted by molar-refractivity contribution is 0.276. The Morgan fingerprint density at radius 1 is 1.17 bits per heavy atom. The summed E-state index contributed by atoms with van der Waals surface area (Å²) in [6, 6.07) is 13.8. The van der Waals surface area contributed by atoms with Gasteiger partial charge < -0.3 is 9.84 Å². The maximum absolute atomic E-state index is 9.20. The van der Waals surface area contributed by atoms with Crippen LogP contribution < -0.4 is 4.74 Å². The number of ether oxygens (including phenoxy) is 1. The van der Waals surface area contributed by atoms with Crippen molar-refractivity contribution in [1.29, 1.82) is 5.26 Å². The molecule has 4 heteroatoms. The van der Waals surface area contributed by atoms with Crippen LogP contribution in [0.1, 0.15) is 11.1 Å². The third kappa shape index (κ3) is 2.80. The lowest BCUT2D eigenvalue weighted by Crippen LogP contribution is -1.91. The van der Waals surface area contributed by atoms with Crippen molar-refractivity contribution < 1.29 is 9.84 Å². The molecule has 0 aliphatic heterocycles. The van der Waals surface area contributed by atoms with Gasteiger partial charge in [0.15, 0.2) is 0 Å². The van der Waals surface area contributed by atoms with Gasteiger partial charge in [0.1, 0.15) is 11.5 Å². The monoisotopic (exact) mass is 259 g/mol. The van der Waals surface area contributed by atoms with E-state index in [2.05, 4.69) is 0 Å². The zero-order valence-corrected chi connectivity index (χ0v) is 10.2. The molecule has 90 valence electrons. The Bertz CT molecular complexity index is 588. The summed E-state index contributed by atoms with van der Waals surface area (Å²) in [6.45, 7) is -0.122. The van der Waals surface area contributed by atoms with E-state index in [0.717, 1.165) is 0 Å². The number of benzene rings is 2. The van der Waals surface area contributed by atoms with Gasteiger partial charge in [0.05, 0.1) is 18.2 Å². The average molecular weight is 260 g/mol. The smallest absolute Gasteiger partial charge is 0.134 e. The summed E-state index contributed by atoms with van der Waals surface area (Å²) in [5, 5.41) is 18.4. The Labute approximate surface area is 110 Å². The van der Waals surface area contributed by atoms with E-state index < -0.39 is 0 Å². The third-order valence-electron chi connectivity index (χ3n) is 2.41. The minimum absolute atomic E-state index is 0.122. The highest BCUT2D eigenvalue weighted by Crippen LogP contribution is 2.28. The van der Waals surface area contributed by atoms with Crippen LogP contribution in [0.4, 0.5) is 0 Å². The number of nitrogens with zero attached hydrogens (tertiary/aromatic N) is 1. The van der Waals surface area contributed by atoms with Crippen LogP contribution in [0.2, 0.25) is 5.02 Å². The fourth-order valence-corrected chi connectivity index (χ4v) is 1.64. The van der Waals surface area contributed by atoms with Gasteiger partial charge in [-0.05, 0) is 36.4 Å². The van der Waals surface area contributed by atoms with Crippen molar-refractivity contribution in [2.45, 2.75) is 6.61 Å². The first-order valence-electron chi connectivity index (χ1n) is 5.30. The van der Waals surface area contributed by atoms with E-state index in [4.69, 9.17) is 21.6 Å². The molecule has 0 bridgehead atoms. The van der Waals surface area contributed by atoms with E-state index in [9.17, 15) is 5.11 Å². The van der Waals surface area contributed by atoms with Crippen LogP contribution in [-0.4, -0.2) is 5.11 Å². The van der Waals surface area contributed by atoms with Crippen LogP contribution >= 0.6 is 11.6 Å². The van der Waals surface area contributed by atoms with E-state index in [1.165, 1.54) is 0 Å². The van der Waals surface area contributed by atoms with Crippen molar-refractivity contribution in [3.63, 3.8) is 0 Å². The van der Waals surface area contributed by atoms with E-state index in [1.54, 1.807) is 42.5 Å². The second-order valence-corrected chi connectivity index (χ2v) is 4.08. The molecule has 0 saturated carbocycles. The van der Waals surface area contributed by atoms with Crippen molar-refractivity contribution in [1.82, 2.24) is 0 Å². The predicted molar refractivity (Wildman–Crippen MR) is 68.6 cm³/mol. The maximum atomic E-state index is 9.20. The molecule has 0 aliphatic rings. The molecular weight excluding hydrogens is 250 g/mol. The minimum atomic E-state index is -0.122. The Kier molecular flexibility index (Phi) is 3.83. The molecule has 0 amide bonds. The van der Waals surface area contributed by atoms with Crippen molar-refractivity contribution >= 4 is 11.6 Å². The average Bonchev–Trinajstić information content (AvgIpc) is 2.40. The largest absolute Gasteiger partial charge is 0.457 e. The Morgan fingerprint density at radius 3 is 2.50 bits per heavy atom. The van der Waals surface area contributed by atoms with E-state index in [0.29, 0.717) is 27.6 Å². The molecule has 3 nitrogen and oxygen atoms in total. The van der Waals surface area contributed by atoms with E-state index in [1.807, 2.05) is 6.07 Å². The zero-order valence-electron chi connectivity index (χ0n) is 9.43. The molecule has 0 saturated heterocycles. The summed E-state index contributed by atoms with van der Waals surface area (Å²) in [7, 11) is 0. The van der Waals surface area contributed by atoms with Crippen LogP contribution in [0.5, 0.6) is 11.5 Å². The number of rotatable bonds is 3. The summed E-state index contributed by atoms with van der Waals surface area (Å²) >= 11 is 5.88. The molecule has 18 heavy (non-hydrogen) atoms. The van der Waals surface area contributed by atoms with Crippen molar-refractivity contribution in [2.24, 2.45) is 0 Å². The number of nitriles is 1. The van der Waals surface area contributed by atoms with E-state index in [-0.39, 0.29) is 6.61 Å². The molecule has 0 fully saturated rings. The number of aliphatic hydroxyl groups is 1. The summed E-state index contributed by atoms with van der Waals surface area (Å²) < 4.78 is 5.63. The molecular formula is C14H10ClNO2. The zero-order chi connectivity index (χ0) is 13.0. The van der Waals surface area contributed by atoms with Gasteiger partial charge in [-0.2, -0.15) is 5.26 Å². The molecule has 1 N–H and O–H groups in total. The molecule has 2 aromatic carbocycles. The molecule has 0 atom stereocenters. The Balaban J connectivity index is 2.27. The SMILES string of the molecule is N#Cc1ccc(Oc2cc(Cl)ccc2CO)cc1. The highest BCUT2D eigenvalue weighted by molar-refractivity contribution is 6.30. The topological polar surface area (TPSA) is 53.2 Å². The highest BCUT2D eigenvalue weighted by atomic mass is 35.5. The van der Waals surface area contributed by atoms with Crippen LogP contribution in [0.15, 0.2) is 42.5 Å². The van der Waals surface area contributed by atoms with Gasteiger partial charge >= 0.3 is 0 Å². The number of hydrogen-bond acceptors (Lipinski definition) is 3. The first-order valence-corrected chi connectivity index (χ1v) is 5.68. The highest BCUT2D eigenvalue weighted by Gasteiger charge is 2.05. The molecule has 0 spiro atoms. The van der Waals surface area contributed by atoms with Crippen LogP contribution in [0, 0.1) is 11.3 Å². The standard InChI is InChI=1S/C14H10ClNO2/c15-12-4-3-11(9-17)14(7-12)18-13-5-1-10(8-16)2-6-13/h1-7,17H,9H2. The van der Waals surface area contributed by atoms with Crippen molar-refractivity contribution in [2.75, 3.05) is 0 Å². The molecule has 2 aromatic rings. The lowest BCUT2D eigenvalue weighted by Gasteiger charge is -2.10. The summed E-state index contributed by atoms with van der Waals surface area (Å²) in [4.78, 5) is 0. The Morgan fingerprint density at radius 2 is 1.89 bits per heavy atom. The second-order valence-electron chi connectivity index (χ2n) is 3.65. The summed E-state index contributed by atoms with van der Waals surface area (Å²) in [6.07, 6.45) is 0. The normalized spacial score (nSPS) is 9.83. The van der Waals surface area contributed by atoms with Gasteiger partial charge in [-0.15, -0.1) is 0 Å². The van der Waals surface area contributed by atoms with Gasteiger partial charge in [-0.3, -0.25) is 0 Å². The molecule has 0 heterocycles. The van der Waals surface area contributed by atoms with Crippen LogP contribution in [0.25, 0.3) is 0 Å².